The van der Waals surface area contributed by atoms with Crippen LogP contribution >= 0.6 is 0 Å². The van der Waals surface area contributed by atoms with Crippen molar-refractivity contribution in [2.45, 2.75) is 6.92 Å². The van der Waals surface area contributed by atoms with Gasteiger partial charge in [0.05, 0.1) is 0 Å². The Morgan fingerprint density at radius 1 is 0.905 bits per heavy atom. The number of nitrogens with one attached hydrogen (secondary N) is 1. The SMILES string of the molecule is Cc1ccc(-c2ccc(-c3n[nH]nc3C(=O)O)cc2)cc1. The van der Waals surface area contributed by atoms with Crippen molar-refractivity contribution in [3.05, 3.63) is 59.8 Å². The molecule has 1 heterocycles. The lowest BCUT2D eigenvalue weighted by atomic mass is 10.0. The molecule has 0 bridgehead atoms. The number of rotatable bonds is 3. The van der Waals surface area contributed by atoms with Gasteiger partial charge in [-0.25, -0.2) is 4.79 Å². The Kier molecular flexibility index (Phi) is 3.23. The first kappa shape index (κ1) is 13.1. The van der Waals surface area contributed by atoms with Crippen LogP contribution in [-0.2, 0) is 0 Å². The number of aromatic amines is 1. The van der Waals surface area contributed by atoms with E-state index in [-0.39, 0.29) is 5.69 Å². The third-order valence-corrected chi connectivity index (χ3v) is 3.29. The van der Waals surface area contributed by atoms with Crippen LogP contribution in [0.4, 0.5) is 0 Å². The molecule has 0 unspecified atom stereocenters. The molecule has 0 aliphatic carbocycles. The van der Waals surface area contributed by atoms with Gasteiger partial charge in [-0.1, -0.05) is 54.1 Å². The number of hydrogen-bond donors (Lipinski definition) is 2. The summed E-state index contributed by atoms with van der Waals surface area (Å²) in [5.74, 6) is -1.10. The molecule has 0 atom stereocenters. The molecule has 0 amide bonds. The van der Waals surface area contributed by atoms with Gasteiger partial charge in [0.25, 0.3) is 0 Å². The van der Waals surface area contributed by atoms with Crippen LogP contribution in [0.1, 0.15) is 16.1 Å². The number of benzene rings is 2. The highest BCUT2D eigenvalue weighted by Gasteiger charge is 2.16. The van der Waals surface area contributed by atoms with Crippen molar-refractivity contribution in [2.75, 3.05) is 0 Å². The van der Waals surface area contributed by atoms with Crippen LogP contribution in [0.5, 0.6) is 0 Å². The summed E-state index contributed by atoms with van der Waals surface area (Å²) in [5.41, 5.74) is 4.39. The fraction of sp³-hybridized carbons (Fsp3) is 0.0625. The second-order valence-corrected chi connectivity index (χ2v) is 4.77. The molecule has 0 radical (unpaired) electrons. The van der Waals surface area contributed by atoms with Crippen LogP contribution < -0.4 is 0 Å². The Balaban J connectivity index is 1.95. The average molecular weight is 279 g/mol. The molecule has 21 heavy (non-hydrogen) atoms. The van der Waals surface area contributed by atoms with Crippen LogP contribution in [0.25, 0.3) is 22.4 Å². The van der Waals surface area contributed by atoms with Gasteiger partial charge < -0.3 is 5.11 Å². The molecular weight excluding hydrogens is 266 g/mol. The van der Waals surface area contributed by atoms with E-state index >= 15 is 0 Å². The molecule has 2 aromatic carbocycles. The molecule has 0 spiro atoms. The maximum atomic E-state index is 11.1. The Morgan fingerprint density at radius 3 is 2.00 bits per heavy atom. The Hall–Kier alpha value is -2.95. The molecule has 0 saturated heterocycles. The normalized spacial score (nSPS) is 10.5. The minimum absolute atomic E-state index is 0.0712. The van der Waals surface area contributed by atoms with Gasteiger partial charge in [0.2, 0.25) is 0 Å². The third-order valence-electron chi connectivity index (χ3n) is 3.29. The number of aromatic nitrogens is 3. The Morgan fingerprint density at radius 2 is 1.43 bits per heavy atom. The number of hydrogen-bond acceptors (Lipinski definition) is 3. The maximum absolute atomic E-state index is 11.1. The van der Waals surface area contributed by atoms with Crippen LogP contribution in [0, 0.1) is 6.92 Å². The average Bonchev–Trinajstić information content (AvgIpc) is 2.98. The first-order valence-corrected chi connectivity index (χ1v) is 6.46. The third kappa shape index (κ3) is 2.53. The van der Waals surface area contributed by atoms with Gasteiger partial charge >= 0.3 is 5.97 Å². The second-order valence-electron chi connectivity index (χ2n) is 4.77. The number of carbonyl (C=O) groups is 1. The predicted molar refractivity (Wildman–Crippen MR) is 79.0 cm³/mol. The van der Waals surface area contributed by atoms with Crippen LogP contribution in [-0.4, -0.2) is 26.5 Å². The van der Waals surface area contributed by atoms with Gasteiger partial charge in [0, 0.05) is 5.56 Å². The fourth-order valence-electron chi connectivity index (χ4n) is 2.15. The van der Waals surface area contributed by atoms with Gasteiger partial charge in [-0.2, -0.15) is 10.3 Å². The zero-order chi connectivity index (χ0) is 14.8. The van der Waals surface area contributed by atoms with Crippen LogP contribution in [0.3, 0.4) is 0 Å². The number of H-pyrrole nitrogens is 1. The van der Waals surface area contributed by atoms with E-state index in [1.54, 1.807) is 0 Å². The number of nitrogens with zero attached hydrogens (tertiary/aromatic N) is 2. The number of aryl methyl sites for hydroxylation is 1. The highest BCUT2D eigenvalue weighted by molar-refractivity contribution is 5.92. The molecule has 104 valence electrons. The summed E-state index contributed by atoms with van der Waals surface area (Å²) in [6, 6.07) is 15.8. The minimum atomic E-state index is -1.10. The quantitative estimate of drug-likeness (QED) is 0.772. The lowest BCUT2D eigenvalue weighted by Gasteiger charge is -2.04. The molecule has 5 heteroatoms. The molecule has 0 fully saturated rings. The van der Waals surface area contributed by atoms with Crippen molar-refractivity contribution >= 4 is 5.97 Å². The first-order valence-electron chi connectivity index (χ1n) is 6.46. The summed E-state index contributed by atoms with van der Waals surface area (Å²) in [4.78, 5) is 11.1. The monoisotopic (exact) mass is 279 g/mol. The summed E-state index contributed by atoms with van der Waals surface area (Å²) in [6.07, 6.45) is 0. The molecule has 0 aliphatic heterocycles. The topological polar surface area (TPSA) is 78.9 Å². The molecule has 3 aromatic rings. The smallest absolute Gasteiger partial charge is 0.358 e. The van der Waals surface area contributed by atoms with Gasteiger partial charge in [-0.05, 0) is 18.1 Å². The summed E-state index contributed by atoms with van der Waals surface area (Å²) >= 11 is 0. The van der Waals surface area contributed by atoms with E-state index in [0.717, 1.165) is 16.7 Å². The summed E-state index contributed by atoms with van der Waals surface area (Å²) < 4.78 is 0. The summed E-state index contributed by atoms with van der Waals surface area (Å²) in [7, 11) is 0. The second kappa shape index (κ2) is 5.20. The van der Waals surface area contributed by atoms with Crippen molar-refractivity contribution in [3.8, 4) is 22.4 Å². The van der Waals surface area contributed by atoms with Gasteiger partial charge in [-0.15, -0.1) is 5.10 Å². The highest BCUT2D eigenvalue weighted by Crippen LogP contribution is 2.25. The van der Waals surface area contributed by atoms with E-state index in [4.69, 9.17) is 5.11 Å². The number of carboxylic acid groups (broad SMARTS) is 1. The standard InChI is InChI=1S/C16H13N3O2/c1-10-2-4-11(5-3-10)12-6-8-13(9-7-12)14-15(16(20)21)18-19-17-14/h2-9H,1H3,(H,20,21)(H,17,18,19). The first-order chi connectivity index (χ1) is 10.1. The molecular formula is C16H13N3O2. The van der Waals surface area contributed by atoms with E-state index < -0.39 is 5.97 Å². The zero-order valence-electron chi connectivity index (χ0n) is 11.4. The number of carboxylic acids is 1. The van der Waals surface area contributed by atoms with Crippen LogP contribution in [0.15, 0.2) is 48.5 Å². The molecule has 1 aromatic heterocycles. The van der Waals surface area contributed by atoms with Crippen LogP contribution in [0.2, 0.25) is 0 Å². The van der Waals surface area contributed by atoms with Gasteiger partial charge in [0.15, 0.2) is 5.69 Å². The van der Waals surface area contributed by atoms with Crippen molar-refractivity contribution in [3.63, 3.8) is 0 Å². The van der Waals surface area contributed by atoms with E-state index in [0.29, 0.717) is 5.69 Å². The van der Waals surface area contributed by atoms with Crippen molar-refractivity contribution in [2.24, 2.45) is 0 Å². The highest BCUT2D eigenvalue weighted by atomic mass is 16.4. The van der Waals surface area contributed by atoms with Crippen molar-refractivity contribution in [1.29, 1.82) is 0 Å². The molecule has 0 aliphatic rings. The fourth-order valence-corrected chi connectivity index (χ4v) is 2.15. The number of aromatic carboxylic acids is 1. The molecule has 3 rings (SSSR count). The van der Waals surface area contributed by atoms with Gasteiger partial charge in [0.1, 0.15) is 5.69 Å². The largest absolute Gasteiger partial charge is 0.476 e. The predicted octanol–water partition coefficient (Wildman–Crippen LogP) is 3.15. The summed E-state index contributed by atoms with van der Waals surface area (Å²) in [5, 5.41) is 19.0. The van der Waals surface area contributed by atoms with E-state index in [1.807, 2.05) is 31.2 Å². The van der Waals surface area contributed by atoms with Crippen molar-refractivity contribution < 1.29 is 9.90 Å². The zero-order valence-corrected chi connectivity index (χ0v) is 11.4. The van der Waals surface area contributed by atoms with E-state index in [2.05, 4.69) is 39.7 Å². The molecule has 2 N–H and O–H groups in total. The Labute approximate surface area is 121 Å². The van der Waals surface area contributed by atoms with E-state index in [1.165, 1.54) is 5.56 Å². The maximum Gasteiger partial charge on any atom is 0.358 e. The van der Waals surface area contributed by atoms with Gasteiger partial charge in [-0.3, -0.25) is 0 Å². The molecule has 0 saturated carbocycles. The lowest BCUT2D eigenvalue weighted by Crippen LogP contribution is -1.99. The lowest BCUT2D eigenvalue weighted by molar-refractivity contribution is 0.0691. The van der Waals surface area contributed by atoms with Crippen molar-refractivity contribution in [1.82, 2.24) is 15.4 Å². The Bertz CT molecular complexity index is 774. The van der Waals surface area contributed by atoms with E-state index in [9.17, 15) is 4.79 Å². The minimum Gasteiger partial charge on any atom is -0.476 e. The summed E-state index contributed by atoms with van der Waals surface area (Å²) in [6.45, 7) is 2.05. The molecule has 5 nitrogen and oxygen atoms in total.